The number of nitrogens with zero attached hydrogens (tertiary/aromatic N) is 1. The van der Waals surface area contributed by atoms with Crippen LogP contribution in [0, 0.1) is 0 Å². The van der Waals surface area contributed by atoms with E-state index in [9.17, 15) is 9.59 Å². The molecule has 0 radical (unpaired) electrons. The zero-order valence-corrected chi connectivity index (χ0v) is 13.6. The lowest BCUT2D eigenvalue weighted by Crippen LogP contribution is -2.30. The molecule has 1 aliphatic carbocycles. The molecule has 1 aliphatic rings. The molecule has 0 saturated heterocycles. The number of carbonyl (C=O) groups excluding carboxylic acids is 2. The zero-order chi connectivity index (χ0) is 16.1. The Morgan fingerprint density at radius 3 is 2.82 bits per heavy atom. The van der Waals surface area contributed by atoms with Crippen molar-refractivity contribution in [2.24, 2.45) is 0 Å². The summed E-state index contributed by atoms with van der Waals surface area (Å²) in [6.45, 7) is 0.499. The minimum absolute atomic E-state index is 0.0119. The van der Waals surface area contributed by atoms with Gasteiger partial charge in [0.2, 0.25) is 5.91 Å². The molecule has 0 aliphatic heterocycles. The van der Waals surface area contributed by atoms with E-state index in [4.69, 9.17) is 11.6 Å². The lowest BCUT2D eigenvalue weighted by Gasteiger charge is -2.14. The Bertz CT molecular complexity index is 550. The largest absolute Gasteiger partial charge is 0.453 e. The van der Waals surface area contributed by atoms with Crippen LogP contribution in [0.1, 0.15) is 30.7 Å². The fraction of sp³-hybridized carbons (Fsp3) is 0.500. The number of carbonyl (C=O) groups is 2. The molecule has 1 aromatic rings. The quantitative estimate of drug-likeness (QED) is 0.875. The van der Waals surface area contributed by atoms with Crippen molar-refractivity contribution in [2.75, 3.05) is 20.7 Å². The van der Waals surface area contributed by atoms with Gasteiger partial charge in [0.25, 0.3) is 0 Å². The third-order valence-corrected chi connectivity index (χ3v) is 4.17. The van der Waals surface area contributed by atoms with Gasteiger partial charge in [-0.05, 0) is 24.5 Å². The van der Waals surface area contributed by atoms with E-state index in [1.165, 1.54) is 12.0 Å². The molecule has 0 bridgehead atoms. The zero-order valence-electron chi connectivity index (χ0n) is 12.8. The van der Waals surface area contributed by atoms with Crippen LogP contribution in [0.3, 0.4) is 0 Å². The van der Waals surface area contributed by atoms with Crippen LogP contribution in [0.5, 0.6) is 0 Å². The van der Waals surface area contributed by atoms with E-state index in [2.05, 4.69) is 10.1 Å². The van der Waals surface area contributed by atoms with E-state index >= 15 is 0 Å². The number of nitrogens with one attached hydrogen (secondary N) is 1. The number of methoxy groups -OCH3 is 1. The lowest BCUT2D eigenvalue weighted by molar-refractivity contribution is -0.121. The summed E-state index contributed by atoms with van der Waals surface area (Å²) in [5.74, 6) is 0.327. The van der Waals surface area contributed by atoms with Gasteiger partial charge in [-0.3, -0.25) is 4.79 Å². The fourth-order valence-electron chi connectivity index (χ4n) is 2.48. The average Bonchev–Trinajstić information content (AvgIpc) is 3.25. The molecule has 0 heterocycles. The highest BCUT2D eigenvalue weighted by atomic mass is 35.5. The summed E-state index contributed by atoms with van der Waals surface area (Å²) in [5.41, 5.74) is 1.10. The van der Waals surface area contributed by atoms with Crippen LogP contribution in [-0.2, 0) is 9.53 Å². The Labute approximate surface area is 135 Å². The first kappa shape index (κ1) is 16.6. The SMILES string of the molecule is COC(=O)N(C)CCCC(=O)N[C@@H]1C[C@@H]1c1ccccc1Cl. The van der Waals surface area contributed by atoms with Crippen LogP contribution in [0.4, 0.5) is 4.79 Å². The van der Waals surface area contributed by atoms with Gasteiger partial charge in [0.1, 0.15) is 0 Å². The predicted octanol–water partition coefficient (Wildman–Crippen LogP) is 2.79. The maximum Gasteiger partial charge on any atom is 0.409 e. The molecular formula is C16H21ClN2O3. The maximum absolute atomic E-state index is 11.9. The molecule has 1 saturated carbocycles. The monoisotopic (exact) mass is 324 g/mol. The Morgan fingerprint density at radius 2 is 2.14 bits per heavy atom. The second-order valence-corrected chi connectivity index (χ2v) is 5.94. The van der Waals surface area contributed by atoms with E-state index < -0.39 is 0 Å². The first-order valence-corrected chi connectivity index (χ1v) is 7.73. The smallest absolute Gasteiger partial charge is 0.409 e. The number of ether oxygens (including phenoxy) is 1. The predicted molar refractivity (Wildman–Crippen MR) is 85.0 cm³/mol. The first-order chi connectivity index (χ1) is 10.5. The van der Waals surface area contributed by atoms with Gasteiger partial charge in [-0.15, -0.1) is 0 Å². The summed E-state index contributed by atoms with van der Waals surface area (Å²) < 4.78 is 4.59. The molecule has 120 valence electrons. The van der Waals surface area contributed by atoms with Crippen molar-refractivity contribution < 1.29 is 14.3 Å². The molecular weight excluding hydrogens is 304 g/mol. The van der Waals surface area contributed by atoms with Gasteiger partial charge in [0.05, 0.1) is 7.11 Å². The van der Waals surface area contributed by atoms with Gasteiger partial charge >= 0.3 is 6.09 Å². The van der Waals surface area contributed by atoms with Crippen LogP contribution in [0.25, 0.3) is 0 Å². The number of rotatable bonds is 6. The number of hydrogen-bond donors (Lipinski definition) is 1. The van der Waals surface area contributed by atoms with Crippen molar-refractivity contribution in [3.05, 3.63) is 34.9 Å². The van der Waals surface area contributed by atoms with Crippen LogP contribution in [-0.4, -0.2) is 43.6 Å². The molecule has 5 nitrogen and oxygen atoms in total. The van der Waals surface area contributed by atoms with Crippen LogP contribution >= 0.6 is 11.6 Å². The Morgan fingerprint density at radius 1 is 1.41 bits per heavy atom. The van der Waals surface area contributed by atoms with Crippen molar-refractivity contribution >= 4 is 23.6 Å². The van der Waals surface area contributed by atoms with Crippen LogP contribution in [0.2, 0.25) is 5.02 Å². The molecule has 0 aromatic heterocycles. The Hall–Kier alpha value is -1.75. The van der Waals surface area contributed by atoms with E-state index in [-0.39, 0.29) is 18.0 Å². The minimum atomic E-state index is -0.388. The Kier molecular flexibility index (Phi) is 5.66. The average molecular weight is 325 g/mol. The molecule has 1 aromatic carbocycles. The standard InChI is InChI=1S/C16H21ClN2O3/c1-19(16(21)22-2)9-5-8-15(20)18-14-10-12(14)11-6-3-4-7-13(11)17/h3-4,6-7,12,14H,5,8-10H2,1-2H3,(H,18,20)/t12-,14-/m1/s1. The van der Waals surface area contributed by atoms with Gasteiger partial charge in [-0.1, -0.05) is 29.8 Å². The van der Waals surface area contributed by atoms with Crippen molar-refractivity contribution in [1.29, 1.82) is 0 Å². The van der Waals surface area contributed by atoms with E-state index in [0.29, 0.717) is 25.3 Å². The number of hydrogen-bond acceptors (Lipinski definition) is 3. The molecule has 1 fully saturated rings. The van der Waals surface area contributed by atoms with Gasteiger partial charge in [0.15, 0.2) is 0 Å². The highest BCUT2D eigenvalue weighted by molar-refractivity contribution is 6.31. The number of halogens is 1. The third kappa shape index (κ3) is 4.37. The molecule has 1 N–H and O–H groups in total. The lowest BCUT2D eigenvalue weighted by atomic mass is 10.1. The second kappa shape index (κ2) is 7.49. The highest BCUT2D eigenvalue weighted by Crippen LogP contribution is 2.43. The van der Waals surface area contributed by atoms with Crippen molar-refractivity contribution in [3.8, 4) is 0 Å². The molecule has 2 atom stereocenters. The van der Waals surface area contributed by atoms with Crippen molar-refractivity contribution in [3.63, 3.8) is 0 Å². The van der Waals surface area contributed by atoms with Gasteiger partial charge in [-0.25, -0.2) is 4.79 Å². The summed E-state index contributed by atoms with van der Waals surface area (Å²) in [5, 5.41) is 3.77. The highest BCUT2D eigenvalue weighted by Gasteiger charge is 2.40. The Balaban J connectivity index is 1.69. The normalized spacial score (nSPS) is 19.4. The van der Waals surface area contributed by atoms with Gasteiger partial charge < -0.3 is 15.0 Å². The molecule has 6 heteroatoms. The molecule has 0 spiro atoms. The van der Waals surface area contributed by atoms with Gasteiger partial charge in [0, 0.05) is 37.0 Å². The first-order valence-electron chi connectivity index (χ1n) is 7.35. The second-order valence-electron chi connectivity index (χ2n) is 5.53. The van der Waals surface area contributed by atoms with Crippen molar-refractivity contribution in [1.82, 2.24) is 10.2 Å². The topological polar surface area (TPSA) is 58.6 Å². The summed E-state index contributed by atoms with van der Waals surface area (Å²) in [4.78, 5) is 24.6. The van der Waals surface area contributed by atoms with E-state index in [0.717, 1.165) is 17.0 Å². The van der Waals surface area contributed by atoms with Crippen LogP contribution < -0.4 is 5.32 Å². The summed E-state index contributed by atoms with van der Waals surface area (Å²) in [7, 11) is 2.99. The van der Waals surface area contributed by atoms with Gasteiger partial charge in [-0.2, -0.15) is 0 Å². The molecule has 2 rings (SSSR count). The van der Waals surface area contributed by atoms with E-state index in [1.807, 2.05) is 24.3 Å². The van der Waals surface area contributed by atoms with Crippen molar-refractivity contribution in [2.45, 2.75) is 31.2 Å². The summed E-state index contributed by atoms with van der Waals surface area (Å²) in [6, 6.07) is 7.91. The number of benzene rings is 1. The third-order valence-electron chi connectivity index (χ3n) is 3.83. The molecule has 22 heavy (non-hydrogen) atoms. The van der Waals surface area contributed by atoms with E-state index in [1.54, 1.807) is 7.05 Å². The summed E-state index contributed by atoms with van der Waals surface area (Å²) in [6.07, 6.45) is 1.55. The number of amides is 2. The molecule has 0 unspecified atom stereocenters. The summed E-state index contributed by atoms with van der Waals surface area (Å²) >= 11 is 6.16. The maximum atomic E-state index is 11.9. The van der Waals surface area contributed by atoms with Crippen LogP contribution in [0.15, 0.2) is 24.3 Å². The molecule has 2 amide bonds. The fourth-order valence-corrected chi connectivity index (χ4v) is 2.75. The minimum Gasteiger partial charge on any atom is -0.453 e.